The Morgan fingerprint density at radius 3 is 2.88 bits per heavy atom. The van der Waals surface area contributed by atoms with Crippen molar-refractivity contribution in [3.63, 3.8) is 0 Å². The topological polar surface area (TPSA) is 109 Å². The van der Waals surface area contributed by atoms with Gasteiger partial charge in [-0.25, -0.2) is 9.48 Å². The molecule has 0 aromatic carbocycles. The molecule has 0 fully saturated rings. The van der Waals surface area contributed by atoms with Gasteiger partial charge < -0.3 is 4.98 Å². The molecule has 0 atom stereocenters. The number of tetrazole rings is 1. The Bertz CT molecular complexity index is 571. The van der Waals surface area contributed by atoms with Gasteiger partial charge in [0.1, 0.15) is 0 Å². The maximum absolute atomic E-state index is 11.0. The van der Waals surface area contributed by atoms with Crippen molar-refractivity contribution < 1.29 is 0 Å². The van der Waals surface area contributed by atoms with E-state index in [1.54, 1.807) is 7.05 Å². The van der Waals surface area contributed by atoms with Crippen LogP contribution in [0.15, 0.2) is 20.8 Å². The Hall–Kier alpha value is -1.90. The van der Waals surface area contributed by atoms with Crippen LogP contribution in [0.4, 0.5) is 0 Å². The van der Waals surface area contributed by atoms with Crippen molar-refractivity contribution in [3.8, 4) is 0 Å². The molecule has 2 rings (SSSR count). The third-order valence-corrected chi connectivity index (χ3v) is 2.81. The van der Waals surface area contributed by atoms with Crippen LogP contribution in [0.25, 0.3) is 0 Å². The zero-order chi connectivity index (χ0) is 11.5. The van der Waals surface area contributed by atoms with E-state index < -0.39 is 11.2 Å². The van der Waals surface area contributed by atoms with E-state index in [2.05, 4.69) is 25.5 Å². The lowest BCUT2D eigenvalue weighted by Crippen LogP contribution is -2.22. The van der Waals surface area contributed by atoms with Gasteiger partial charge in [-0.3, -0.25) is 9.78 Å². The van der Waals surface area contributed by atoms with Crippen LogP contribution >= 0.6 is 11.8 Å². The van der Waals surface area contributed by atoms with Crippen molar-refractivity contribution in [2.75, 3.05) is 0 Å². The second-order valence-electron chi connectivity index (χ2n) is 2.99. The highest BCUT2D eigenvalue weighted by Gasteiger charge is 2.04. The fourth-order valence-corrected chi connectivity index (χ4v) is 1.84. The second kappa shape index (κ2) is 4.31. The number of hydrogen-bond acceptors (Lipinski definition) is 6. The zero-order valence-electron chi connectivity index (χ0n) is 8.30. The van der Waals surface area contributed by atoms with Gasteiger partial charge in [-0.2, -0.15) is 0 Å². The van der Waals surface area contributed by atoms with Gasteiger partial charge in [-0.05, 0) is 10.4 Å². The van der Waals surface area contributed by atoms with E-state index in [1.807, 2.05) is 0 Å². The highest BCUT2D eigenvalue weighted by atomic mass is 32.2. The first-order valence-corrected chi connectivity index (χ1v) is 5.31. The Morgan fingerprint density at radius 2 is 2.25 bits per heavy atom. The highest BCUT2D eigenvalue weighted by Crippen LogP contribution is 2.16. The van der Waals surface area contributed by atoms with Gasteiger partial charge in [0.2, 0.25) is 5.16 Å². The predicted octanol–water partition coefficient (Wildman–Crippen LogP) is -1.12. The number of nitrogens with zero attached hydrogens (tertiary/aromatic N) is 4. The fourth-order valence-electron chi connectivity index (χ4n) is 1.08. The van der Waals surface area contributed by atoms with Gasteiger partial charge >= 0.3 is 5.69 Å². The normalized spacial score (nSPS) is 10.6. The van der Waals surface area contributed by atoms with E-state index in [9.17, 15) is 9.59 Å². The van der Waals surface area contributed by atoms with Crippen LogP contribution < -0.4 is 11.2 Å². The van der Waals surface area contributed by atoms with Gasteiger partial charge in [0.25, 0.3) is 5.56 Å². The van der Waals surface area contributed by atoms with Gasteiger partial charge in [0, 0.05) is 24.6 Å². The second-order valence-corrected chi connectivity index (χ2v) is 3.93. The zero-order valence-corrected chi connectivity index (χ0v) is 9.11. The number of rotatable bonds is 3. The van der Waals surface area contributed by atoms with Crippen molar-refractivity contribution in [1.82, 2.24) is 30.2 Å². The lowest BCUT2D eigenvalue weighted by atomic mass is 10.5. The summed E-state index contributed by atoms with van der Waals surface area (Å²) in [4.78, 5) is 26.6. The third kappa shape index (κ3) is 2.37. The van der Waals surface area contributed by atoms with Gasteiger partial charge in [0.15, 0.2) is 0 Å². The summed E-state index contributed by atoms with van der Waals surface area (Å²) in [6.45, 7) is 0. The molecule has 0 bridgehead atoms. The summed E-state index contributed by atoms with van der Waals surface area (Å²) in [6.07, 6.45) is 0. The van der Waals surface area contributed by atoms with Crippen LogP contribution in [-0.4, -0.2) is 30.2 Å². The van der Waals surface area contributed by atoms with Crippen LogP contribution in [0, 0.1) is 0 Å². The Morgan fingerprint density at radius 1 is 1.44 bits per heavy atom. The molecule has 0 amide bonds. The van der Waals surface area contributed by atoms with E-state index in [0.29, 0.717) is 16.6 Å². The summed E-state index contributed by atoms with van der Waals surface area (Å²) < 4.78 is 1.51. The minimum absolute atomic E-state index is 0.421. The predicted molar refractivity (Wildman–Crippen MR) is 56.0 cm³/mol. The minimum Gasteiger partial charge on any atom is -0.310 e. The average Bonchev–Trinajstić information content (AvgIpc) is 2.59. The summed E-state index contributed by atoms with van der Waals surface area (Å²) >= 11 is 1.33. The molecule has 0 aliphatic rings. The molecule has 0 aliphatic heterocycles. The smallest absolute Gasteiger partial charge is 0.310 e. The molecular formula is C7H8N6O2S. The number of aromatic amines is 2. The first-order valence-electron chi connectivity index (χ1n) is 4.33. The molecule has 2 aromatic heterocycles. The molecule has 16 heavy (non-hydrogen) atoms. The first-order chi connectivity index (χ1) is 7.65. The van der Waals surface area contributed by atoms with Crippen molar-refractivity contribution in [3.05, 3.63) is 32.6 Å². The number of thioether (sulfide) groups is 1. The molecule has 2 heterocycles. The lowest BCUT2D eigenvalue weighted by molar-refractivity contribution is 0.664. The van der Waals surface area contributed by atoms with Crippen LogP contribution in [0.1, 0.15) is 5.69 Å². The van der Waals surface area contributed by atoms with E-state index in [0.717, 1.165) is 0 Å². The highest BCUT2D eigenvalue weighted by molar-refractivity contribution is 7.98. The molecule has 0 unspecified atom stereocenters. The summed E-state index contributed by atoms with van der Waals surface area (Å²) in [5.41, 5.74) is -0.406. The minimum atomic E-state index is -0.515. The van der Waals surface area contributed by atoms with Crippen LogP contribution in [0.3, 0.4) is 0 Å². The summed E-state index contributed by atoms with van der Waals surface area (Å²) in [5.74, 6) is 0.424. The summed E-state index contributed by atoms with van der Waals surface area (Å²) in [7, 11) is 1.71. The van der Waals surface area contributed by atoms with Crippen molar-refractivity contribution >= 4 is 11.8 Å². The van der Waals surface area contributed by atoms with Crippen LogP contribution in [0.2, 0.25) is 0 Å². The van der Waals surface area contributed by atoms with E-state index in [1.165, 1.54) is 22.5 Å². The molecule has 0 radical (unpaired) electrons. The Labute approximate surface area is 93.1 Å². The molecule has 0 saturated heterocycles. The molecule has 0 aliphatic carbocycles. The molecule has 2 aromatic rings. The van der Waals surface area contributed by atoms with Gasteiger partial charge in [0.05, 0.1) is 0 Å². The molecule has 2 N–H and O–H groups in total. The number of aryl methyl sites for hydroxylation is 1. The molecular weight excluding hydrogens is 232 g/mol. The largest absolute Gasteiger partial charge is 0.325 e. The summed E-state index contributed by atoms with van der Waals surface area (Å²) in [6, 6.07) is 1.33. The molecule has 8 nitrogen and oxygen atoms in total. The third-order valence-electron chi connectivity index (χ3n) is 1.75. The first kappa shape index (κ1) is 10.6. The van der Waals surface area contributed by atoms with Crippen LogP contribution in [-0.2, 0) is 12.8 Å². The molecule has 84 valence electrons. The lowest BCUT2D eigenvalue weighted by Gasteiger charge is -1.98. The Kier molecular flexibility index (Phi) is 2.86. The number of H-pyrrole nitrogens is 2. The number of aromatic nitrogens is 6. The summed E-state index contributed by atoms with van der Waals surface area (Å²) in [5, 5.41) is 11.5. The fraction of sp³-hybridized carbons (Fsp3) is 0.286. The standard InChI is InChI=1S/C7H8N6O2S/c1-13-7(10-11-12-13)16-3-4-2-5(14)9-6(15)8-4/h2H,3H2,1H3,(H2,8,9,14,15). The maximum Gasteiger partial charge on any atom is 0.325 e. The van der Waals surface area contributed by atoms with E-state index in [4.69, 9.17) is 0 Å². The quantitative estimate of drug-likeness (QED) is 0.658. The van der Waals surface area contributed by atoms with Crippen molar-refractivity contribution in [2.45, 2.75) is 10.9 Å². The van der Waals surface area contributed by atoms with Gasteiger partial charge in [-0.1, -0.05) is 11.8 Å². The average molecular weight is 240 g/mol. The Balaban J connectivity index is 2.14. The monoisotopic (exact) mass is 240 g/mol. The van der Waals surface area contributed by atoms with Gasteiger partial charge in [-0.15, -0.1) is 5.10 Å². The van der Waals surface area contributed by atoms with Crippen LogP contribution in [0.5, 0.6) is 0 Å². The van der Waals surface area contributed by atoms with E-state index in [-0.39, 0.29) is 0 Å². The van der Waals surface area contributed by atoms with Crippen molar-refractivity contribution in [2.24, 2.45) is 7.05 Å². The molecule has 0 saturated carbocycles. The number of nitrogens with one attached hydrogen (secondary N) is 2. The SMILES string of the molecule is Cn1nnnc1SCc1cc(=O)[nH]c(=O)[nH]1. The molecule has 0 spiro atoms. The molecule has 9 heteroatoms. The number of hydrogen-bond donors (Lipinski definition) is 2. The van der Waals surface area contributed by atoms with E-state index >= 15 is 0 Å². The maximum atomic E-state index is 11.0. The van der Waals surface area contributed by atoms with Crippen molar-refractivity contribution in [1.29, 1.82) is 0 Å².